The van der Waals surface area contributed by atoms with Gasteiger partial charge in [0.15, 0.2) is 6.29 Å². The second kappa shape index (κ2) is 5.79. The molecule has 1 heterocycles. The Morgan fingerprint density at radius 2 is 2.20 bits per heavy atom. The van der Waals surface area contributed by atoms with Crippen LogP contribution in [-0.2, 0) is 4.74 Å². The number of benzene rings is 1. The number of hydrogen-bond donors (Lipinski definition) is 0. The van der Waals surface area contributed by atoms with Crippen LogP contribution in [0.1, 0.15) is 47.0 Å². The Balaban J connectivity index is 2.86. The Hall–Kier alpha value is -1.62. The number of hydrogen-bond acceptors (Lipinski definition) is 3. The number of carbonyl (C=O) groups is 2. The van der Waals surface area contributed by atoms with Crippen molar-refractivity contribution in [3.8, 4) is 0 Å². The van der Waals surface area contributed by atoms with Gasteiger partial charge in [0, 0.05) is 27.7 Å². The number of nitrogens with zero attached hydrogens (tertiary/aromatic N) is 1. The zero-order valence-corrected chi connectivity index (χ0v) is 13.2. The zero-order valence-electron chi connectivity index (χ0n) is 11.6. The van der Waals surface area contributed by atoms with E-state index in [0.717, 1.165) is 22.7 Å². The molecule has 0 fully saturated rings. The van der Waals surface area contributed by atoms with Gasteiger partial charge in [-0.2, -0.15) is 0 Å². The van der Waals surface area contributed by atoms with Crippen LogP contribution in [0.15, 0.2) is 22.8 Å². The van der Waals surface area contributed by atoms with Crippen LogP contribution in [0.25, 0.3) is 10.9 Å². The largest absolute Gasteiger partial charge is 0.465 e. The number of ether oxygens (including phenoxy) is 1. The van der Waals surface area contributed by atoms with E-state index in [0.29, 0.717) is 16.5 Å². The van der Waals surface area contributed by atoms with Gasteiger partial charge in [-0.3, -0.25) is 4.79 Å². The van der Waals surface area contributed by atoms with Gasteiger partial charge in [-0.25, -0.2) is 4.79 Å². The lowest BCUT2D eigenvalue weighted by molar-refractivity contribution is 0.0603. The molecule has 0 aliphatic rings. The lowest BCUT2D eigenvalue weighted by Crippen LogP contribution is -2.04. The molecule has 0 saturated carbocycles. The summed E-state index contributed by atoms with van der Waals surface area (Å²) in [5.74, 6) is -0.443. The molecule has 0 unspecified atom stereocenters. The van der Waals surface area contributed by atoms with Gasteiger partial charge in [0.05, 0.1) is 18.2 Å². The molecule has 0 saturated heterocycles. The maximum atomic E-state index is 11.9. The molecule has 0 spiro atoms. The van der Waals surface area contributed by atoms with E-state index in [4.69, 9.17) is 4.74 Å². The maximum absolute atomic E-state index is 11.9. The van der Waals surface area contributed by atoms with Gasteiger partial charge in [0.25, 0.3) is 0 Å². The molecule has 1 aromatic carbocycles. The fourth-order valence-electron chi connectivity index (χ4n) is 2.31. The molecule has 0 bridgehead atoms. The van der Waals surface area contributed by atoms with E-state index in [1.807, 2.05) is 10.6 Å². The predicted molar refractivity (Wildman–Crippen MR) is 81.4 cm³/mol. The monoisotopic (exact) mass is 337 g/mol. The van der Waals surface area contributed by atoms with E-state index in [-0.39, 0.29) is 6.04 Å². The maximum Gasteiger partial charge on any atom is 0.338 e. The third-order valence-electron chi connectivity index (χ3n) is 3.53. The summed E-state index contributed by atoms with van der Waals surface area (Å²) in [6.07, 6.45) is 3.51. The highest BCUT2D eigenvalue weighted by Crippen LogP contribution is 2.31. The SMILES string of the molecule is CC[C@H](C)n1cc(C=O)c2c(C(=O)OC)cc(Br)cc21. The Morgan fingerprint density at radius 3 is 2.75 bits per heavy atom. The standard InChI is InChI=1S/C15H16BrNO3/c1-4-9(2)17-7-10(8-18)14-12(15(19)20-3)5-11(16)6-13(14)17/h5-9H,4H2,1-3H3/t9-/m0/s1. The molecule has 5 heteroatoms. The second-order valence-electron chi connectivity index (χ2n) is 4.71. The van der Waals surface area contributed by atoms with Crippen molar-refractivity contribution >= 4 is 39.1 Å². The van der Waals surface area contributed by atoms with Gasteiger partial charge in [-0.1, -0.05) is 22.9 Å². The van der Waals surface area contributed by atoms with Crippen LogP contribution in [0.2, 0.25) is 0 Å². The molecule has 0 radical (unpaired) electrons. The topological polar surface area (TPSA) is 48.3 Å². The highest BCUT2D eigenvalue weighted by Gasteiger charge is 2.19. The molecular weight excluding hydrogens is 322 g/mol. The van der Waals surface area contributed by atoms with Gasteiger partial charge in [0.1, 0.15) is 0 Å². The van der Waals surface area contributed by atoms with E-state index in [1.165, 1.54) is 7.11 Å². The smallest absolute Gasteiger partial charge is 0.338 e. The van der Waals surface area contributed by atoms with Crippen LogP contribution in [0.5, 0.6) is 0 Å². The van der Waals surface area contributed by atoms with Crippen LogP contribution in [0, 0.1) is 0 Å². The quantitative estimate of drug-likeness (QED) is 0.626. The Bertz CT molecular complexity index is 675. The van der Waals surface area contributed by atoms with Gasteiger partial charge in [0.2, 0.25) is 0 Å². The summed E-state index contributed by atoms with van der Waals surface area (Å²) in [5, 5.41) is 0.648. The summed E-state index contributed by atoms with van der Waals surface area (Å²) in [6, 6.07) is 3.84. The van der Waals surface area contributed by atoms with Crippen molar-refractivity contribution in [1.29, 1.82) is 0 Å². The van der Waals surface area contributed by atoms with Crippen LogP contribution >= 0.6 is 15.9 Å². The molecule has 0 aliphatic heterocycles. The van der Waals surface area contributed by atoms with Gasteiger partial charge >= 0.3 is 5.97 Å². The predicted octanol–water partition coefficient (Wildman–Crippen LogP) is 3.97. The van der Waals surface area contributed by atoms with Gasteiger partial charge < -0.3 is 9.30 Å². The lowest BCUT2D eigenvalue weighted by Gasteiger charge is -2.13. The number of aromatic nitrogens is 1. The Morgan fingerprint density at radius 1 is 1.50 bits per heavy atom. The normalized spacial score (nSPS) is 12.4. The summed E-state index contributed by atoms with van der Waals surface area (Å²) in [4.78, 5) is 23.2. The number of carbonyl (C=O) groups excluding carboxylic acids is 2. The van der Waals surface area contributed by atoms with Crippen LogP contribution in [0.3, 0.4) is 0 Å². The third-order valence-corrected chi connectivity index (χ3v) is 3.98. The van der Waals surface area contributed by atoms with Gasteiger partial charge in [-0.05, 0) is 25.5 Å². The van der Waals surface area contributed by atoms with Crippen molar-refractivity contribution in [1.82, 2.24) is 4.57 Å². The van der Waals surface area contributed by atoms with E-state index < -0.39 is 5.97 Å². The van der Waals surface area contributed by atoms with Crippen molar-refractivity contribution in [2.24, 2.45) is 0 Å². The fraction of sp³-hybridized carbons (Fsp3) is 0.333. The highest BCUT2D eigenvalue weighted by atomic mass is 79.9. The average molecular weight is 338 g/mol. The number of esters is 1. The molecule has 2 rings (SSSR count). The minimum absolute atomic E-state index is 0.242. The Kier molecular flexibility index (Phi) is 4.28. The van der Waals surface area contributed by atoms with Crippen LogP contribution in [-0.4, -0.2) is 23.9 Å². The van der Waals surface area contributed by atoms with E-state index >= 15 is 0 Å². The van der Waals surface area contributed by atoms with Crippen molar-refractivity contribution in [3.63, 3.8) is 0 Å². The minimum atomic E-state index is -0.443. The molecule has 0 aliphatic carbocycles. The molecule has 106 valence electrons. The molecule has 4 nitrogen and oxygen atoms in total. The summed E-state index contributed by atoms with van der Waals surface area (Å²) < 4.78 is 7.62. The second-order valence-corrected chi connectivity index (χ2v) is 5.62. The van der Waals surface area contributed by atoms with Crippen LogP contribution in [0.4, 0.5) is 0 Å². The summed E-state index contributed by atoms with van der Waals surface area (Å²) in [6.45, 7) is 4.16. The first-order valence-electron chi connectivity index (χ1n) is 6.41. The van der Waals surface area contributed by atoms with Gasteiger partial charge in [-0.15, -0.1) is 0 Å². The molecule has 1 aromatic heterocycles. The molecule has 0 amide bonds. The number of methoxy groups -OCH3 is 1. The van der Waals surface area contributed by atoms with Crippen molar-refractivity contribution in [2.75, 3.05) is 7.11 Å². The fourth-order valence-corrected chi connectivity index (χ4v) is 2.75. The number of rotatable bonds is 4. The van der Waals surface area contributed by atoms with E-state index in [9.17, 15) is 9.59 Å². The van der Waals surface area contributed by atoms with Crippen LogP contribution < -0.4 is 0 Å². The molecule has 2 aromatic rings. The Labute approximate surface area is 125 Å². The van der Waals surface area contributed by atoms with E-state index in [1.54, 1.807) is 12.3 Å². The van der Waals surface area contributed by atoms with Crippen molar-refractivity contribution in [3.05, 3.63) is 33.9 Å². The number of fused-ring (bicyclic) bond motifs is 1. The molecule has 0 N–H and O–H groups in total. The molecular formula is C15H16BrNO3. The third kappa shape index (κ3) is 2.38. The van der Waals surface area contributed by atoms with Crippen molar-refractivity contribution < 1.29 is 14.3 Å². The number of halogens is 1. The minimum Gasteiger partial charge on any atom is -0.465 e. The first-order valence-corrected chi connectivity index (χ1v) is 7.20. The van der Waals surface area contributed by atoms with Crippen molar-refractivity contribution in [2.45, 2.75) is 26.3 Å². The molecule has 20 heavy (non-hydrogen) atoms. The zero-order chi connectivity index (χ0) is 14.9. The molecule has 1 atom stereocenters. The lowest BCUT2D eigenvalue weighted by atomic mass is 10.1. The summed E-state index contributed by atoms with van der Waals surface area (Å²) in [5.41, 5.74) is 1.77. The average Bonchev–Trinajstić information content (AvgIpc) is 2.83. The number of aldehydes is 1. The summed E-state index contributed by atoms with van der Waals surface area (Å²) in [7, 11) is 1.33. The highest BCUT2D eigenvalue weighted by molar-refractivity contribution is 9.10. The summed E-state index contributed by atoms with van der Waals surface area (Å²) >= 11 is 3.41. The first kappa shape index (κ1) is 14.8. The van der Waals surface area contributed by atoms with E-state index in [2.05, 4.69) is 29.8 Å². The first-order chi connectivity index (χ1) is 9.53.